The Morgan fingerprint density at radius 1 is 0.786 bits per heavy atom. The lowest BCUT2D eigenvalue weighted by atomic mass is 9.64. The first-order valence-corrected chi connectivity index (χ1v) is 12.8. The monoisotopic (exact) mass is 382 g/mol. The molecule has 2 aliphatic carbocycles. The Morgan fingerprint density at radius 2 is 1.50 bits per heavy atom. The van der Waals surface area contributed by atoms with Crippen LogP contribution in [0.15, 0.2) is 24.3 Å². The van der Waals surface area contributed by atoms with E-state index in [9.17, 15) is 0 Å². The summed E-state index contributed by atoms with van der Waals surface area (Å²) in [7, 11) is 0. The predicted molar refractivity (Wildman–Crippen MR) is 124 cm³/mol. The molecule has 28 heavy (non-hydrogen) atoms. The Kier molecular flexibility index (Phi) is 8.94. The van der Waals surface area contributed by atoms with Crippen LogP contribution in [0.5, 0.6) is 0 Å². The van der Waals surface area contributed by atoms with Gasteiger partial charge in [-0.25, -0.2) is 0 Å². The fourth-order valence-corrected chi connectivity index (χ4v) is 6.39. The molecule has 0 amide bonds. The van der Waals surface area contributed by atoms with Gasteiger partial charge >= 0.3 is 0 Å². The molecule has 0 bridgehead atoms. The zero-order valence-electron chi connectivity index (χ0n) is 19.1. The first-order chi connectivity index (χ1) is 13.7. The van der Waals surface area contributed by atoms with E-state index in [4.69, 9.17) is 0 Å². The molecule has 2 aliphatic rings. The van der Waals surface area contributed by atoms with Crippen LogP contribution in [-0.4, -0.2) is 0 Å². The van der Waals surface area contributed by atoms with Gasteiger partial charge in [0, 0.05) is 0 Å². The van der Waals surface area contributed by atoms with E-state index >= 15 is 0 Å². The summed E-state index contributed by atoms with van der Waals surface area (Å²) < 4.78 is 0. The summed E-state index contributed by atoms with van der Waals surface area (Å²) in [5, 5.41) is 0. The van der Waals surface area contributed by atoms with Gasteiger partial charge in [0.15, 0.2) is 0 Å². The SMILES string of the molecule is CCCCCC1CCC(C2CCC(c3ccc(CCCC)cc3)CC2)C(C)C1. The summed E-state index contributed by atoms with van der Waals surface area (Å²) in [6, 6.07) is 9.69. The summed E-state index contributed by atoms with van der Waals surface area (Å²) in [6.07, 6.45) is 20.1. The summed E-state index contributed by atoms with van der Waals surface area (Å²) in [4.78, 5) is 0. The molecule has 0 aromatic heterocycles. The van der Waals surface area contributed by atoms with E-state index in [1.165, 1.54) is 95.5 Å². The number of hydrogen-bond acceptors (Lipinski definition) is 0. The first kappa shape index (κ1) is 21.9. The van der Waals surface area contributed by atoms with Crippen molar-refractivity contribution < 1.29 is 0 Å². The molecule has 1 aromatic rings. The lowest BCUT2D eigenvalue weighted by Gasteiger charge is -2.42. The van der Waals surface area contributed by atoms with Gasteiger partial charge in [-0.15, -0.1) is 0 Å². The highest BCUT2D eigenvalue weighted by Gasteiger charge is 2.35. The maximum absolute atomic E-state index is 2.58. The lowest BCUT2D eigenvalue weighted by Crippen LogP contribution is -2.31. The van der Waals surface area contributed by atoms with Crippen LogP contribution in [0.4, 0.5) is 0 Å². The van der Waals surface area contributed by atoms with Gasteiger partial charge in [-0.3, -0.25) is 0 Å². The number of unbranched alkanes of at least 4 members (excludes halogenated alkanes) is 3. The van der Waals surface area contributed by atoms with Gasteiger partial charge in [0.05, 0.1) is 0 Å². The summed E-state index contributed by atoms with van der Waals surface area (Å²) in [6.45, 7) is 7.20. The minimum atomic E-state index is 0.831. The first-order valence-electron chi connectivity index (χ1n) is 12.8. The van der Waals surface area contributed by atoms with Crippen LogP contribution in [0.1, 0.15) is 121 Å². The largest absolute Gasteiger partial charge is 0.0654 e. The Labute approximate surface area is 175 Å². The van der Waals surface area contributed by atoms with Crippen LogP contribution < -0.4 is 0 Å². The maximum atomic E-state index is 2.58. The molecular weight excluding hydrogens is 336 g/mol. The molecule has 0 aliphatic heterocycles. The van der Waals surface area contributed by atoms with Gasteiger partial charge in [-0.1, -0.05) is 83.6 Å². The quantitative estimate of drug-likeness (QED) is 0.374. The Bertz CT molecular complexity index is 534. The predicted octanol–water partition coefficient (Wildman–Crippen LogP) is 8.94. The van der Waals surface area contributed by atoms with Crippen LogP contribution in [0, 0.1) is 23.7 Å². The van der Waals surface area contributed by atoms with Crippen molar-refractivity contribution in [3.8, 4) is 0 Å². The second-order valence-corrected chi connectivity index (χ2v) is 10.3. The van der Waals surface area contributed by atoms with Crippen molar-refractivity contribution in [3.05, 3.63) is 35.4 Å². The van der Waals surface area contributed by atoms with Crippen LogP contribution in [0.25, 0.3) is 0 Å². The number of aryl methyl sites for hydroxylation is 1. The van der Waals surface area contributed by atoms with E-state index in [0.717, 1.165) is 29.6 Å². The van der Waals surface area contributed by atoms with Crippen molar-refractivity contribution >= 4 is 0 Å². The molecule has 0 saturated heterocycles. The van der Waals surface area contributed by atoms with Crippen molar-refractivity contribution in [1.82, 2.24) is 0 Å². The number of benzene rings is 1. The third kappa shape index (κ3) is 6.11. The van der Waals surface area contributed by atoms with Crippen molar-refractivity contribution in [2.24, 2.45) is 23.7 Å². The summed E-state index contributed by atoms with van der Waals surface area (Å²) in [5.41, 5.74) is 3.15. The van der Waals surface area contributed by atoms with Crippen molar-refractivity contribution in [2.75, 3.05) is 0 Å². The highest BCUT2D eigenvalue weighted by molar-refractivity contribution is 5.26. The van der Waals surface area contributed by atoms with E-state index in [1.54, 1.807) is 5.56 Å². The van der Waals surface area contributed by atoms with Gasteiger partial charge in [-0.05, 0) is 92.1 Å². The molecule has 3 unspecified atom stereocenters. The van der Waals surface area contributed by atoms with E-state index in [1.807, 2.05) is 0 Å². The van der Waals surface area contributed by atoms with Crippen LogP contribution >= 0.6 is 0 Å². The zero-order chi connectivity index (χ0) is 19.8. The molecule has 158 valence electrons. The molecule has 0 radical (unpaired) electrons. The van der Waals surface area contributed by atoms with Crippen molar-refractivity contribution in [2.45, 2.75) is 117 Å². The standard InChI is InChI=1S/C28H46/c1-4-6-8-10-24-13-20-28(22(3)21-24)27-18-16-26(17-19-27)25-14-11-23(12-15-25)9-7-5-2/h11-12,14-15,22,24,26-28H,4-10,13,16-21H2,1-3H3. The van der Waals surface area contributed by atoms with Crippen molar-refractivity contribution in [3.63, 3.8) is 0 Å². The normalized spacial score (nSPS) is 31.0. The molecular formula is C28H46. The van der Waals surface area contributed by atoms with Gasteiger partial charge in [0.1, 0.15) is 0 Å². The van der Waals surface area contributed by atoms with E-state index in [2.05, 4.69) is 45.0 Å². The minimum Gasteiger partial charge on any atom is -0.0654 e. The minimum absolute atomic E-state index is 0.831. The Balaban J connectivity index is 1.44. The highest BCUT2D eigenvalue weighted by atomic mass is 14.4. The zero-order valence-corrected chi connectivity index (χ0v) is 19.1. The second-order valence-electron chi connectivity index (χ2n) is 10.3. The average molecular weight is 383 g/mol. The molecule has 0 N–H and O–H groups in total. The maximum Gasteiger partial charge on any atom is -0.0162 e. The third-order valence-electron chi connectivity index (χ3n) is 8.21. The Morgan fingerprint density at radius 3 is 2.14 bits per heavy atom. The van der Waals surface area contributed by atoms with Crippen LogP contribution in [0.2, 0.25) is 0 Å². The highest BCUT2D eigenvalue weighted by Crippen LogP contribution is 2.46. The molecule has 3 atom stereocenters. The van der Waals surface area contributed by atoms with E-state index < -0.39 is 0 Å². The molecule has 0 heterocycles. The number of rotatable bonds is 9. The second kappa shape index (κ2) is 11.4. The van der Waals surface area contributed by atoms with Gasteiger partial charge < -0.3 is 0 Å². The molecule has 0 nitrogen and oxygen atoms in total. The fraction of sp³-hybridized carbons (Fsp3) is 0.786. The Hall–Kier alpha value is -0.780. The molecule has 2 saturated carbocycles. The molecule has 3 rings (SSSR count). The smallest absolute Gasteiger partial charge is 0.0162 e. The third-order valence-corrected chi connectivity index (χ3v) is 8.21. The van der Waals surface area contributed by atoms with Crippen LogP contribution in [-0.2, 0) is 6.42 Å². The van der Waals surface area contributed by atoms with E-state index in [-0.39, 0.29) is 0 Å². The fourth-order valence-electron chi connectivity index (χ4n) is 6.39. The summed E-state index contributed by atoms with van der Waals surface area (Å²) in [5.74, 6) is 4.89. The lowest BCUT2D eigenvalue weighted by molar-refractivity contribution is 0.101. The van der Waals surface area contributed by atoms with Gasteiger partial charge in [0.25, 0.3) is 0 Å². The molecule has 1 aromatic carbocycles. The molecule has 0 heteroatoms. The van der Waals surface area contributed by atoms with Crippen molar-refractivity contribution in [1.29, 1.82) is 0 Å². The molecule has 2 fully saturated rings. The average Bonchev–Trinajstić information content (AvgIpc) is 2.73. The topological polar surface area (TPSA) is 0 Å². The van der Waals surface area contributed by atoms with Crippen LogP contribution in [0.3, 0.4) is 0 Å². The number of hydrogen-bond donors (Lipinski definition) is 0. The summed E-state index contributed by atoms with van der Waals surface area (Å²) >= 11 is 0. The van der Waals surface area contributed by atoms with Gasteiger partial charge in [-0.2, -0.15) is 0 Å². The molecule has 0 spiro atoms. The van der Waals surface area contributed by atoms with Gasteiger partial charge in [0.2, 0.25) is 0 Å². The van der Waals surface area contributed by atoms with E-state index in [0.29, 0.717) is 0 Å².